The molecule has 0 saturated heterocycles. The second-order valence-electron chi connectivity index (χ2n) is 3.83. The maximum atomic E-state index is 12.1. The number of alkyl halides is 2. The van der Waals surface area contributed by atoms with Crippen LogP contribution in [0.3, 0.4) is 0 Å². The molecule has 0 bridgehead atoms. The van der Waals surface area contributed by atoms with Gasteiger partial charge in [-0.15, -0.1) is 6.58 Å². The van der Waals surface area contributed by atoms with Gasteiger partial charge in [-0.2, -0.15) is 8.78 Å². The monoisotopic (exact) mass is 285 g/mol. The van der Waals surface area contributed by atoms with E-state index in [1.165, 1.54) is 24.3 Å². The highest BCUT2D eigenvalue weighted by Crippen LogP contribution is 2.20. The molecule has 0 heterocycles. The van der Waals surface area contributed by atoms with Crippen molar-refractivity contribution < 1.29 is 23.0 Å². The summed E-state index contributed by atoms with van der Waals surface area (Å²) in [4.78, 5) is 11.8. The number of hydrogen-bond acceptors (Lipinski definition) is 4. The smallest absolute Gasteiger partial charge is 0.387 e. The van der Waals surface area contributed by atoms with Crippen LogP contribution in [-0.2, 0) is 9.53 Å². The lowest BCUT2D eigenvalue weighted by molar-refractivity contribution is -0.145. The summed E-state index contributed by atoms with van der Waals surface area (Å²) < 4.78 is 33.3. The Kier molecular flexibility index (Phi) is 6.66. The van der Waals surface area contributed by atoms with Crippen molar-refractivity contribution in [2.45, 2.75) is 19.6 Å². The van der Waals surface area contributed by atoms with Gasteiger partial charge >= 0.3 is 12.6 Å². The van der Waals surface area contributed by atoms with Gasteiger partial charge in [-0.1, -0.05) is 18.2 Å². The van der Waals surface area contributed by atoms with E-state index in [-0.39, 0.29) is 12.4 Å². The summed E-state index contributed by atoms with van der Waals surface area (Å²) in [7, 11) is 0. The van der Waals surface area contributed by atoms with Crippen LogP contribution in [0.25, 0.3) is 0 Å². The molecule has 20 heavy (non-hydrogen) atoms. The minimum Gasteiger partial charge on any atom is -0.465 e. The van der Waals surface area contributed by atoms with Crippen molar-refractivity contribution in [2.24, 2.45) is 0 Å². The molecule has 4 nitrogen and oxygen atoms in total. The maximum Gasteiger partial charge on any atom is 0.387 e. The summed E-state index contributed by atoms with van der Waals surface area (Å²) in [5.41, 5.74) is 0.604. The van der Waals surface area contributed by atoms with Gasteiger partial charge in [-0.3, -0.25) is 5.32 Å². The Hall–Kier alpha value is -1.95. The first-order chi connectivity index (χ1) is 9.58. The fourth-order valence-corrected chi connectivity index (χ4v) is 1.61. The van der Waals surface area contributed by atoms with Gasteiger partial charge in [0.2, 0.25) is 0 Å². The Morgan fingerprint density at radius 1 is 1.40 bits per heavy atom. The largest absolute Gasteiger partial charge is 0.465 e. The number of esters is 1. The molecule has 6 heteroatoms. The average molecular weight is 285 g/mol. The predicted molar refractivity (Wildman–Crippen MR) is 70.6 cm³/mol. The highest BCUT2D eigenvalue weighted by molar-refractivity contribution is 5.77. The summed E-state index contributed by atoms with van der Waals surface area (Å²) in [6, 6.07) is 5.16. The van der Waals surface area contributed by atoms with E-state index < -0.39 is 18.6 Å². The first-order valence-corrected chi connectivity index (χ1v) is 6.14. The van der Waals surface area contributed by atoms with Gasteiger partial charge in [-0.25, -0.2) is 4.79 Å². The molecule has 0 saturated carbocycles. The second-order valence-corrected chi connectivity index (χ2v) is 3.83. The molecule has 0 aliphatic carbocycles. The standard InChI is InChI=1S/C14H17F2NO3/c1-3-9-17-12(13(18)19-4-2)10-5-7-11(8-6-10)20-14(15)16/h3,5-8,12,14,17H,1,4,9H2,2H3. The number of carbonyl (C=O) groups is 1. The molecule has 1 unspecified atom stereocenters. The van der Waals surface area contributed by atoms with Crippen molar-refractivity contribution in [1.82, 2.24) is 5.32 Å². The molecule has 0 aliphatic rings. The van der Waals surface area contributed by atoms with Crippen LogP contribution in [-0.4, -0.2) is 25.7 Å². The molecule has 110 valence electrons. The molecule has 0 amide bonds. The molecule has 1 aromatic carbocycles. The highest BCUT2D eigenvalue weighted by Gasteiger charge is 2.21. The van der Waals surface area contributed by atoms with E-state index in [2.05, 4.69) is 16.6 Å². The second kappa shape index (κ2) is 8.27. The normalized spacial score (nSPS) is 12.0. The zero-order chi connectivity index (χ0) is 15.0. The zero-order valence-electron chi connectivity index (χ0n) is 11.1. The zero-order valence-corrected chi connectivity index (χ0v) is 11.1. The van der Waals surface area contributed by atoms with Gasteiger partial charge in [-0.05, 0) is 24.6 Å². The molecule has 1 N–H and O–H groups in total. The van der Waals surface area contributed by atoms with Gasteiger partial charge in [0.05, 0.1) is 6.61 Å². The molecule has 0 fully saturated rings. The maximum absolute atomic E-state index is 12.1. The third-order valence-electron chi connectivity index (χ3n) is 2.43. The molecular formula is C14H17F2NO3. The number of nitrogens with one attached hydrogen (secondary N) is 1. The molecule has 0 radical (unpaired) electrons. The topological polar surface area (TPSA) is 47.6 Å². The van der Waals surface area contributed by atoms with Crippen LogP contribution in [0.4, 0.5) is 8.78 Å². The first-order valence-electron chi connectivity index (χ1n) is 6.14. The Bertz CT molecular complexity index is 435. The van der Waals surface area contributed by atoms with Crippen LogP contribution in [0.2, 0.25) is 0 Å². The fourth-order valence-electron chi connectivity index (χ4n) is 1.61. The van der Waals surface area contributed by atoms with Crippen molar-refractivity contribution in [3.8, 4) is 5.75 Å². The lowest BCUT2D eigenvalue weighted by atomic mass is 10.1. The van der Waals surface area contributed by atoms with E-state index in [0.717, 1.165) is 0 Å². The summed E-state index contributed by atoms with van der Waals surface area (Å²) in [5.74, 6) is -0.396. The molecule has 1 aromatic rings. The minimum atomic E-state index is -2.87. The van der Waals surface area contributed by atoms with Crippen molar-refractivity contribution in [3.63, 3.8) is 0 Å². The summed E-state index contributed by atoms with van der Waals surface area (Å²) >= 11 is 0. The summed E-state index contributed by atoms with van der Waals surface area (Å²) in [6.45, 7) is 3.07. The van der Waals surface area contributed by atoms with Crippen LogP contribution in [0.15, 0.2) is 36.9 Å². The van der Waals surface area contributed by atoms with Crippen LogP contribution < -0.4 is 10.1 Å². The Labute approximate surface area is 116 Å². The van der Waals surface area contributed by atoms with E-state index in [4.69, 9.17) is 4.74 Å². The third kappa shape index (κ3) is 4.97. The van der Waals surface area contributed by atoms with Crippen LogP contribution in [0.5, 0.6) is 5.75 Å². The van der Waals surface area contributed by atoms with Crippen molar-refractivity contribution in [1.29, 1.82) is 0 Å². The minimum absolute atomic E-state index is 0.0371. The van der Waals surface area contributed by atoms with Crippen molar-refractivity contribution in [2.75, 3.05) is 13.2 Å². The summed E-state index contributed by atoms with van der Waals surface area (Å²) in [5, 5.41) is 2.95. The Morgan fingerprint density at radius 3 is 2.55 bits per heavy atom. The number of carbonyl (C=O) groups excluding carboxylic acids is 1. The Morgan fingerprint density at radius 2 is 2.05 bits per heavy atom. The molecular weight excluding hydrogens is 268 g/mol. The quantitative estimate of drug-likeness (QED) is 0.589. The molecule has 1 atom stereocenters. The van der Waals surface area contributed by atoms with E-state index in [1.807, 2.05) is 0 Å². The van der Waals surface area contributed by atoms with Gasteiger partial charge < -0.3 is 9.47 Å². The lowest BCUT2D eigenvalue weighted by Crippen LogP contribution is -2.30. The van der Waals surface area contributed by atoms with Crippen LogP contribution in [0, 0.1) is 0 Å². The van der Waals surface area contributed by atoms with E-state index in [9.17, 15) is 13.6 Å². The lowest BCUT2D eigenvalue weighted by Gasteiger charge is -2.17. The van der Waals surface area contributed by atoms with E-state index in [0.29, 0.717) is 12.1 Å². The average Bonchev–Trinajstić information content (AvgIpc) is 2.40. The molecule has 0 aliphatic heterocycles. The van der Waals surface area contributed by atoms with Crippen molar-refractivity contribution >= 4 is 5.97 Å². The third-order valence-corrected chi connectivity index (χ3v) is 2.43. The van der Waals surface area contributed by atoms with Gasteiger partial charge in [0.1, 0.15) is 11.8 Å². The van der Waals surface area contributed by atoms with Crippen LogP contribution in [0.1, 0.15) is 18.5 Å². The predicted octanol–water partition coefficient (Wildman–Crippen LogP) is 2.67. The van der Waals surface area contributed by atoms with Gasteiger partial charge in [0.15, 0.2) is 0 Å². The molecule has 0 spiro atoms. The fraction of sp³-hybridized carbons (Fsp3) is 0.357. The molecule has 0 aromatic heterocycles. The summed E-state index contributed by atoms with van der Waals surface area (Å²) in [6.07, 6.45) is 1.61. The molecule has 1 rings (SSSR count). The number of rotatable bonds is 8. The number of hydrogen-bond donors (Lipinski definition) is 1. The van der Waals surface area contributed by atoms with Gasteiger partial charge in [0.25, 0.3) is 0 Å². The number of benzene rings is 1. The Balaban J connectivity index is 2.84. The van der Waals surface area contributed by atoms with E-state index in [1.54, 1.807) is 13.0 Å². The number of halogens is 2. The van der Waals surface area contributed by atoms with Crippen molar-refractivity contribution in [3.05, 3.63) is 42.5 Å². The first kappa shape index (κ1) is 16.1. The highest BCUT2D eigenvalue weighted by atomic mass is 19.3. The van der Waals surface area contributed by atoms with E-state index >= 15 is 0 Å². The number of ether oxygens (including phenoxy) is 2. The SMILES string of the molecule is C=CCNC(C(=O)OCC)c1ccc(OC(F)F)cc1. The van der Waals surface area contributed by atoms with Gasteiger partial charge in [0, 0.05) is 6.54 Å². The van der Waals surface area contributed by atoms with Crippen LogP contribution >= 0.6 is 0 Å².